The van der Waals surface area contributed by atoms with Crippen LogP contribution in [0.5, 0.6) is 0 Å². The van der Waals surface area contributed by atoms with Gasteiger partial charge in [0.2, 0.25) is 0 Å². The van der Waals surface area contributed by atoms with Gasteiger partial charge in [-0.05, 0) is 29.8 Å². The van der Waals surface area contributed by atoms with E-state index in [9.17, 15) is 4.39 Å². The molecule has 100 valence electrons. The highest BCUT2D eigenvalue weighted by molar-refractivity contribution is 8.17. The second kappa shape index (κ2) is 4.35. The Hall–Kier alpha value is -1.81. The van der Waals surface area contributed by atoms with Crippen LogP contribution in [-0.4, -0.2) is 23.2 Å². The molecular weight excluding hydrogens is 271 g/mol. The number of rotatable bonds is 1. The molecule has 2 aromatic carbocycles. The quantitative estimate of drug-likeness (QED) is 0.784. The zero-order valence-corrected chi connectivity index (χ0v) is 11.9. The van der Waals surface area contributed by atoms with Crippen LogP contribution in [0.15, 0.2) is 46.3 Å². The maximum absolute atomic E-state index is 13.6. The summed E-state index contributed by atoms with van der Waals surface area (Å²) in [5.41, 5.74) is 2.28. The molecule has 4 rings (SSSR count). The molecule has 0 saturated heterocycles. The minimum absolute atomic E-state index is 0.191. The monoisotopic (exact) mass is 284 g/mol. The second-order valence-corrected chi connectivity index (χ2v) is 6.18. The highest BCUT2D eigenvalue weighted by Gasteiger charge is 2.31. The topological polar surface area (TPSA) is 15.6 Å². The number of allylic oxidation sites excluding steroid dienone is 1. The lowest BCUT2D eigenvalue weighted by Gasteiger charge is -2.18. The predicted molar refractivity (Wildman–Crippen MR) is 83.1 cm³/mol. The summed E-state index contributed by atoms with van der Waals surface area (Å²) in [4.78, 5) is 8.00. The van der Waals surface area contributed by atoms with Gasteiger partial charge in [-0.15, -0.1) is 0 Å². The van der Waals surface area contributed by atoms with Crippen LogP contribution >= 0.6 is 11.8 Å². The van der Waals surface area contributed by atoms with Crippen molar-refractivity contribution >= 4 is 33.4 Å². The van der Waals surface area contributed by atoms with Gasteiger partial charge >= 0.3 is 0 Å². The molecule has 4 heteroatoms. The molecule has 2 aliphatic rings. The van der Waals surface area contributed by atoms with Crippen molar-refractivity contribution in [1.82, 2.24) is 4.90 Å². The normalized spacial score (nSPS) is 17.9. The Labute approximate surface area is 121 Å². The standard InChI is InChI=1S/C16H13FN2S/c1-10-15(19-8-7-18-16(19)20-10)13-4-2-3-11-5-6-12(17)9-14(11)13/h2-6,9H,7-8H2,1H3. The molecule has 0 fully saturated rings. The fourth-order valence-electron chi connectivity index (χ4n) is 2.88. The van der Waals surface area contributed by atoms with Crippen LogP contribution in [0.4, 0.5) is 4.39 Å². The van der Waals surface area contributed by atoms with Crippen molar-refractivity contribution in [2.24, 2.45) is 4.99 Å². The van der Waals surface area contributed by atoms with E-state index in [-0.39, 0.29) is 5.82 Å². The largest absolute Gasteiger partial charge is 0.318 e. The van der Waals surface area contributed by atoms with Crippen molar-refractivity contribution in [3.05, 3.63) is 52.7 Å². The summed E-state index contributed by atoms with van der Waals surface area (Å²) in [6, 6.07) is 11.1. The number of amidine groups is 1. The van der Waals surface area contributed by atoms with E-state index in [4.69, 9.17) is 0 Å². The lowest BCUT2D eigenvalue weighted by molar-refractivity contribution is 0.629. The van der Waals surface area contributed by atoms with E-state index in [2.05, 4.69) is 22.9 Å². The van der Waals surface area contributed by atoms with Crippen molar-refractivity contribution in [3.8, 4) is 0 Å². The number of nitrogens with zero attached hydrogens (tertiary/aromatic N) is 2. The van der Waals surface area contributed by atoms with E-state index in [1.54, 1.807) is 17.8 Å². The number of benzene rings is 2. The number of thioether (sulfide) groups is 1. The first kappa shape index (κ1) is 12.0. The summed E-state index contributed by atoms with van der Waals surface area (Å²) >= 11 is 1.71. The average Bonchev–Trinajstić information content (AvgIpc) is 2.98. The van der Waals surface area contributed by atoms with E-state index in [0.29, 0.717) is 0 Å². The van der Waals surface area contributed by atoms with Gasteiger partial charge in [0.25, 0.3) is 0 Å². The Morgan fingerprint density at radius 3 is 3.05 bits per heavy atom. The Morgan fingerprint density at radius 1 is 1.25 bits per heavy atom. The highest BCUT2D eigenvalue weighted by atomic mass is 32.2. The Morgan fingerprint density at radius 2 is 2.15 bits per heavy atom. The van der Waals surface area contributed by atoms with E-state index in [1.807, 2.05) is 18.2 Å². The van der Waals surface area contributed by atoms with Gasteiger partial charge in [-0.2, -0.15) is 0 Å². The molecule has 2 heterocycles. The third kappa shape index (κ3) is 1.68. The number of hydrogen-bond acceptors (Lipinski definition) is 3. The first-order valence-corrected chi connectivity index (χ1v) is 7.45. The number of fused-ring (bicyclic) bond motifs is 2. The molecule has 2 aromatic rings. The van der Waals surface area contributed by atoms with Gasteiger partial charge in [-0.3, -0.25) is 4.99 Å². The van der Waals surface area contributed by atoms with Gasteiger partial charge in [-0.25, -0.2) is 4.39 Å². The summed E-state index contributed by atoms with van der Waals surface area (Å²) in [6.07, 6.45) is 0. The molecule has 0 saturated carbocycles. The predicted octanol–water partition coefficient (Wildman–Crippen LogP) is 4.09. The van der Waals surface area contributed by atoms with Gasteiger partial charge in [-0.1, -0.05) is 36.0 Å². The van der Waals surface area contributed by atoms with E-state index in [1.165, 1.54) is 16.7 Å². The fourth-order valence-corrected chi connectivity index (χ4v) is 3.92. The number of halogens is 1. The summed E-state index contributed by atoms with van der Waals surface area (Å²) in [5, 5.41) is 3.11. The zero-order valence-electron chi connectivity index (χ0n) is 11.1. The summed E-state index contributed by atoms with van der Waals surface area (Å²) in [6.45, 7) is 3.87. The van der Waals surface area contributed by atoms with Crippen molar-refractivity contribution in [3.63, 3.8) is 0 Å². The van der Waals surface area contributed by atoms with Crippen LogP contribution < -0.4 is 0 Å². The Bertz CT molecular complexity index is 779. The molecule has 0 aromatic heterocycles. The molecule has 0 radical (unpaired) electrons. The molecule has 2 nitrogen and oxygen atoms in total. The Kier molecular flexibility index (Phi) is 2.60. The Balaban J connectivity index is 1.97. The maximum atomic E-state index is 13.6. The minimum atomic E-state index is -0.191. The minimum Gasteiger partial charge on any atom is -0.318 e. The van der Waals surface area contributed by atoms with Crippen molar-refractivity contribution in [1.29, 1.82) is 0 Å². The second-order valence-electron chi connectivity index (χ2n) is 4.99. The summed E-state index contributed by atoms with van der Waals surface area (Å²) in [7, 11) is 0. The SMILES string of the molecule is CC1=C(c2cccc3ccc(F)cc23)N2CCN=C2S1. The fraction of sp³-hybridized carbons (Fsp3) is 0.188. The van der Waals surface area contributed by atoms with Crippen LogP contribution in [0.3, 0.4) is 0 Å². The molecule has 0 atom stereocenters. The summed E-state index contributed by atoms with van der Waals surface area (Å²) in [5.74, 6) is -0.191. The smallest absolute Gasteiger partial charge is 0.168 e. The van der Waals surface area contributed by atoms with Gasteiger partial charge < -0.3 is 4.90 Å². The van der Waals surface area contributed by atoms with Crippen LogP contribution in [0.1, 0.15) is 12.5 Å². The lowest BCUT2D eigenvalue weighted by Crippen LogP contribution is -2.20. The van der Waals surface area contributed by atoms with Crippen LogP contribution in [-0.2, 0) is 0 Å². The number of hydrogen-bond donors (Lipinski definition) is 0. The van der Waals surface area contributed by atoms with Crippen LogP contribution in [0, 0.1) is 5.82 Å². The van der Waals surface area contributed by atoms with Crippen LogP contribution in [0.25, 0.3) is 16.5 Å². The summed E-state index contributed by atoms with van der Waals surface area (Å²) < 4.78 is 13.6. The first-order valence-electron chi connectivity index (χ1n) is 6.63. The molecule has 0 amide bonds. The third-order valence-corrected chi connectivity index (χ3v) is 4.78. The van der Waals surface area contributed by atoms with E-state index in [0.717, 1.165) is 34.6 Å². The first-order chi connectivity index (χ1) is 9.74. The van der Waals surface area contributed by atoms with Gasteiger partial charge in [0.15, 0.2) is 5.17 Å². The van der Waals surface area contributed by atoms with Crippen molar-refractivity contribution in [2.75, 3.05) is 13.1 Å². The molecular formula is C16H13FN2S. The van der Waals surface area contributed by atoms with Gasteiger partial charge in [0.1, 0.15) is 5.82 Å². The maximum Gasteiger partial charge on any atom is 0.168 e. The zero-order chi connectivity index (χ0) is 13.7. The van der Waals surface area contributed by atoms with Crippen LogP contribution in [0.2, 0.25) is 0 Å². The molecule has 0 spiro atoms. The molecule has 2 aliphatic heterocycles. The van der Waals surface area contributed by atoms with Crippen molar-refractivity contribution < 1.29 is 4.39 Å². The number of aliphatic imine (C=N–C) groups is 1. The van der Waals surface area contributed by atoms with E-state index < -0.39 is 0 Å². The van der Waals surface area contributed by atoms with Crippen molar-refractivity contribution in [2.45, 2.75) is 6.92 Å². The lowest BCUT2D eigenvalue weighted by atomic mass is 10.0. The average molecular weight is 284 g/mol. The van der Waals surface area contributed by atoms with E-state index >= 15 is 0 Å². The van der Waals surface area contributed by atoms with Gasteiger partial charge in [0.05, 0.1) is 12.2 Å². The molecule has 0 N–H and O–H groups in total. The third-order valence-electron chi connectivity index (χ3n) is 3.75. The van der Waals surface area contributed by atoms with Gasteiger partial charge in [0, 0.05) is 17.0 Å². The highest BCUT2D eigenvalue weighted by Crippen LogP contribution is 2.43. The molecule has 0 unspecified atom stereocenters. The molecule has 20 heavy (non-hydrogen) atoms. The molecule has 0 bridgehead atoms. The molecule has 0 aliphatic carbocycles.